The number of urea groups is 1. The van der Waals surface area contributed by atoms with Gasteiger partial charge in [-0.2, -0.15) is 0 Å². The van der Waals surface area contributed by atoms with E-state index in [9.17, 15) is 4.79 Å². The van der Waals surface area contributed by atoms with Gasteiger partial charge in [0.15, 0.2) is 0 Å². The third kappa shape index (κ3) is 4.44. The van der Waals surface area contributed by atoms with Crippen LogP contribution in [0.25, 0.3) is 0 Å². The molecule has 0 aromatic heterocycles. The summed E-state index contributed by atoms with van der Waals surface area (Å²) in [4.78, 5) is 14.6. The van der Waals surface area contributed by atoms with E-state index in [0.717, 1.165) is 48.6 Å². The molecule has 2 aromatic carbocycles. The number of rotatable bonds is 4. The smallest absolute Gasteiger partial charge is 0.319 e. The molecule has 5 heteroatoms. The molecule has 1 aliphatic heterocycles. The highest BCUT2D eigenvalue weighted by Crippen LogP contribution is 2.29. The molecule has 0 spiro atoms. The van der Waals surface area contributed by atoms with Gasteiger partial charge >= 0.3 is 6.03 Å². The van der Waals surface area contributed by atoms with Crippen LogP contribution in [0.5, 0.6) is 5.75 Å². The first-order valence-electron chi connectivity index (χ1n) is 8.68. The number of piperidine rings is 1. The van der Waals surface area contributed by atoms with E-state index in [2.05, 4.69) is 21.6 Å². The van der Waals surface area contributed by atoms with Gasteiger partial charge in [-0.3, -0.25) is 0 Å². The third-order valence-corrected chi connectivity index (χ3v) is 4.46. The Labute approximate surface area is 149 Å². The molecule has 2 N–H and O–H groups in total. The molecule has 132 valence electrons. The maximum Gasteiger partial charge on any atom is 0.319 e. The van der Waals surface area contributed by atoms with Crippen LogP contribution >= 0.6 is 0 Å². The van der Waals surface area contributed by atoms with Crippen molar-refractivity contribution in [1.29, 1.82) is 0 Å². The van der Waals surface area contributed by atoms with Gasteiger partial charge in [-0.25, -0.2) is 4.79 Å². The first-order chi connectivity index (χ1) is 12.2. The van der Waals surface area contributed by atoms with Crippen molar-refractivity contribution in [3.63, 3.8) is 0 Å². The number of aryl methyl sites for hydroxylation is 1. The van der Waals surface area contributed by atoms with Crippen molar-refractivity contribution in [3.8, 4) is 5.75 Å². The second kappa shape index (κ2) is 7.92. The van der Waals surface area contributed by atoms with Gasteiger partial charge in [0.05, 0.1) is 12.8 Å². The minimum atomic E-state index is -0.155. The Morgan fingerprint density at radius 1 is 1.20 bits per heavy atom. The molecule has 2 amide bonds. The Hall–Kier alpha value is -2.69. The summed E-state index contributed by atoms with van der Waals surface area (Å²) in [6.45, 7) is 3.76. The quantitative estimate of drug-likeness (QED) is 0.891. The lowest BCUT2D eigenvalue weighted by atomic mass is 10.0. The molecule has 1 saturated heterocycles. The highest BCUT2D eigenvalue weighted by atomic mass is 16.5. The van der Waals surface area contributed by atoms with Crippen molar-refractivity contribution in [2.45, 2.75) is 25.8 Å². The zero-order chi connectivity index (χ0) is 17.6. The summed E-state index contributed by atoms with van der Waals surface area (Å²) in [5, 5.41) is 6.01. The fourth-order valence-corrected chi connectivity index (χ4v) is 3.28. The van der Waals surface area contributed by atoms with Crippen LogP contribution in [0.2, 0.25) is 0 Å². The molecule has 0 radical (unpaired) electrons. The van der Waals surface area contributed by atoms with Crippen LogP contribution in [-0.2, 0) is 0 Å². The van der Waals surface area contributed by atoms with Crippen LogP contribution in [0.1, 0.15) is 18.4 Å². The van der Waals surface area contributed by atoms with Crippen LogP contribution in [0.3, 0.4) is 0 Å². The molecule has 0 saturated carbocycles. The number of nitrogens with zero attached hydrogens (tertiary/aromatic N) is 1. The lowest BCUT2D eigenvalue weighted by molar-refractivity contribution is 0.246. The summed E-state index contributed by atoms with van der Waals surface area (Å²) < 4.78 is 5.46. The average molecular weight is 339 g/mol. The van der Waals surface area contributed by atoms with Gasteiger partial charge in [0.1, 0.15) is 5.75 Å². The molecule has 1 fully saturated rings. The summed E-state index contributed by atoms with van der Waals surface area (Å²) in [5.74, 6) is 0.868. The Morgan fingerprint density at radius 3 is 2.84 bits per heavy atom. The molecule has 25 heavy (non-hydrogen) atoms. The Bertz CT molecular complexity index is 732. The van der Waals surface area contributed by atoms with Crippen molar-refractivity contribution in [2.24, 2.45) is 0 Å². The van der Waals surface area contributed by atoms with Gasteiger partial charge in [-0.1, -0.05) is 24.3 Å². The standard InChI is InChI=1S/C20H25N3O2/c1-15-7-5-8-16(13-15)21-20(24)22-17-9-6-12-23(14-17)18-10-3-4-11-19(18)25-2/h3-5,7-8,10-11,13,17H,6,9,12,14H2,1-2H3,(H2,21,22,24). The first kappa shape index (κ1) is 17.1. The fourth-order valence-electron chi connectivity index (χ4n) is 3.28. The normalized spacial score (nSPS) is 17.0. The molecule has 0 bridgehead atoms. The van der Waals surface area contributed by atoms with Gasteiger partial charge in [0.2, 0.25) is 0 Å². The fraction of sp³-hybridized carbons (Fsp3) is 0.350. The Morgan fingerprint density at radius 2 is 2.04 bits per heavy atom. The number of ether oxygens (including phenoxy) is 1. The number of anilines is 2. The van der Waals surface area contributed by atoms with Crippen molar-refractivity contribution in [3.05, 3.63) is 54.1 Å². The number of benzene rings is 2. The number of methoxy groups -OCH3 is 1. The molecule has 2 aromatic rings. The van der Waals surface area contributed by atoms with Gasteiger partial charge in [0.25, 0.3) is 0 Å². The SMILES string of the molecule is COc1ccccc1N1CCCC(NC(=O)Nc2cccc(C)c2)C1. The van der Waals surface area contributed by atoms with E-state index in [0.29, 0.717) is 0 Å². The van der Waals surface area contributed by atoms with E-state index < -0.39 is 0 Å². The van der Waals surface area contributed by atoms with Crippen molar-refractivity contribution >= 4 is 17.4 Å². The molecule has 1 atom stereocenters. The average Bonchev–Trinajstić information content (AvgIpc) is 2.62. The summed E-state index contributed by atoms with van der Waals surface area (Å²) in [6, 6.07) is 15.8. The molecule has 1 heterocycles. The predicted octanol–water partition coefficient (Wildman–Crippen LogP) is 3.79. The summed E-state index contributed by atoms with van der Waals surface area (Å²) in [6.07, 6.45) is 2.01. The van der Waals surface area contributed by atoms with Gasteiger partial charge in [-0.15, -0.1) is 0 Å². The van der Waals surface area contributed by atoms with Crippen LogP contribution in [-0.4, -0.2) is 32.3 Å². The number of hydrogen-bond acceptors (Lipinski definition) is 3. The maximum atomic E-state index is 12.3. The number of para-hydroxylation sites is 2. The van der Waals surface area contributed by atoms with Crippen LogP contribution in [0.15, 0.2) is 48.5 Å². The second-order valence-corrected chi connectivity index (χ2v) is 6.42. The van der Waals surface area contributed by atoms with Crippen molar-refractivity contribution in [1.82, 2.24) is 5.32 Å². The second-order valence-electron chi connectivity index (χ2n) is 6.42. The van der Waals surface area contributed by atoms with E-state index >= 15 is 0 Å². The zero-order valence-electron chi connectivity index (χ0n) is 14.8. The van der Waals surface area contributed by atoms with Crippen LogP contribution < -0.4 is 20.3 Å². The van der Waals surface area contributed by atoms with E-state index in [1.807, 2.05) is 49.4 Å². The number of carbonyl (C=O) groups is 1. The minimum absolute atomic E-state index is 0.114. The number of carbonyl (C=O) groups excluding carboxylic acids is 1. The highest BCUT2D eigenvalue weighted by Gasteiger charge is 2.23. The number of amides is 2. The van der Waals surface area contributed by atoms with Gasteiger partial charge in [-0.05, 0) is 49.6 Å². The molecule has 1 unspecified atom stereocenters. The molecule has 3 rings (SSSR count). The molecule has 0 aliphatic carbocycles. The largest absolute Gasteiger partial charge is 0.495 e. The molecular weight excluding hydrogens is 314 g/mol. The first-order valence-corrected chi connectivity index (χ1v) is 8.68. The third-order valence-electron chi connectivity index (χ3n) is 4.46. The Balaban J connectivity index is 1.60. The lowest BCUT2D eigenvalue weighted by Gasteiger charge is -2.35. The summed E-state index contributed by atoms with van der Waals surface area (Å²) in [7, 11) is 1.69. The summed E-state index contributed by atoms with van der Waals surface area (Å²) in [5.41, 5.74) is 3.02. The Kier molecular flexibility index (Phi) is 5.43. The number of nitrogens with one attached hydrogen (secondary N) is 2. The van der Waals surface area contributed by atoms with E-state index in [4.69, 9.17) is 4.74 Å². The lowest BCUT2D eigenvalue weighted by Crippen LogP contribution is -2.49. The predicted molar refractivity (Wildman–Crippen MR) is 102 cm³/mol. The molecular formula is C20H25N3O2. The number of hydrogen-bond donors (Lipinski definition) is 2. The van der Waals surface area contributed by atoms with Gasteiger partial charge < -0.3 is 20.3 Å². The van der Waals surface area contributed by atoms with Crippen molar-refractivity contribution in [2.75, 3.05) is 30.4 Å². The van der Waals surface area contributed by atoms with E-state index in [1.165, 1.54) is 0 Å². The summed E-state index contributed by atoms with van der Waals surface area (Å²) >= 11 is 0. The monoisotopic (exact) mass is 339 g/mol. The van der Waals surface area contributed by atoms with E-state index in [1.54, 1.807) is 7.11 Å². The zero-order valence-corrected chi connectivity index (χ0v) is 14.8. The minimum Gasteiger partial charge on any atom is -0.495 e. The molecule has 5 nitrogen and oxygen atoms in total. The highest BCUT2D eigenvalue weighted by molar-refractivity contribution is 5.89. The van der Waals surface area contributed by atoms with E-state index in [-0.39, 0.29) is 12.1 Å². The van der Waals surface area contributed by atoms with Crippen LogP contribution in [0.4, 0.5) is 16.2 Å². The topological polar surface area (TPSA) is 53.6 Å². The maximum absolute atomic E-state index is 12.3. The van der Waals surface area contributed by atoms with Gasteiger partial charge in [0, 0.05) is 24.8 Å². The molecule has 1 aliphatic rings. The van der Waals surface area contributed by atoms with Crippen LogP contribution in [0, 0.1) is 6.92 Å². The van der Waals surface area contributed by atoms with Crippen molar-refractivity contribution < 1.29 is 9.53 Å².